The molecule has 21 heavy (non-hydrogen) atoms. The van der Waals surface area contributed by atoms with Gasteiger partial charge in [-0.25, -0.2) is 0 Å². The number of thioether (sulfide) groups is 2. The lowest BCUT2D eigenvalue weighted by molar-refractivity contribution is -0.107. The van der Waals surface area contributed by atoms with Crippen LogP contribution in [0, 0.1) is 0 Å². The minimum Gasteiger partial charge on any atom is -0.303 e. The van der Waals surface area contributed by atoms with Crippen molar-refractivity contribution in [2.45, 2.75) is 40.1 Å². The second-order valence-electron chi connectivity index (χ2n) is 4.74. The molecule has 0 aromatic heterocycles. The van der Waals surface area contributed by atoms with E-state index in [-0.39, 0.29) is 0 Å². The molecule has 0 heterocycles. The highest BCUT2D eigenvalue weighted by atomic mass is 32.2. The zero-order valence-corrected chi connectivity index (χ0v) is 13.6. The fourth-order valence-corrected chi connectivity index (χ4v) is 4.65. The normalized spacial score (nSPS) is 10.7. The second kappa shape index (κ2) is 9.69. The number of benzene rings is 2. The molecular weight excluding hydrogens is 296 g/mol. The Labute approximate surface area is 135 Å². The number of unbranched alkanes of at least 4 members (excludes halogenated alkanes) is 2. The van der Waals surface area contributed by atoms with Crippen molar-refractivity contribution < 1.29 is 4.79 Å². The van der Waals surface area contributed by atoms with E-state index in [1.165, 1.54) is 9.79 Å². The first-order chi connectivity index (χ1) is 10.4. The van der Waals surface area contributed by atoms with Crippen LogP contribution >= 0.6 is 23.5 Å². The fourth-order valence-electron chi connectivity index (χ4n) is 1.98. The van der Waals surface area contributed by atoms with Crippen LogP contribution in [-0.4, -0.2) is 10.9 Å². The lowest BCUT2D eigenvalue weighted by Gasteiger charge is -2.16. The van der Waals surface area contributed by atoms with Gasteiger partial charge in [-0.2, -0.15) is 0 Å². The van der Waals surface area contributed by atoms with Gasteiger partial charge in [0.05, 0.1) is 4.58 Å². The first kappa shape index (κ1) is 16.2. The summed E-state index contributed by atoms with van der Waals surface area (Å²) in [5, 5.41) is 0. The number of rotatable bonds is 9. The maximum Gasteiger partial charge on any atom is 0.119 e. The maximum atomic E-state index is 10.4. The van der Waals surface area contributed by atoms with E-state index < -0.39 is 0 Å². The largest absolute Gasteiger partial charge is 0.303 e. The molecule has 0 aliphatic heterocycles. The molecule has 0 radical (unpaired) electrons. The molecule has 0 N–H and O–H groups in total. The Morgan fingerprint density at radius 3 is 1.81 bits per heavy atom. The molecule has 0 spiro atoms. The molecular formula is C18H20OS2. The first-order valence-electron chi connectivity index (χ1n) is 7.25. The first-order valence-corrected chi connectivity index (χ1v) is 9.01. The Hall–Kier alpha value is -1.19. The minimum absolute atomic E-state index is 0.487. The van der Waals surface area contributed by atoms with Crippen LogP contribution in [0.2, 0.25) is 0 Å². The smallest absolute Gasteiger partial charge is 0.119 e. The molecule has 0 bridgehead atoms. The monoisotopic (exact) mass is 316 g/mol. The van der Waals surface area contributed by atoms with Gasteiger partial charge in [0.25, 0.3) is 0 Å². The van der Waals surface area contributed by atoms with Crippen LogP contribution in [0.4, 0.5) is 0 Å². The third-order valence-corrected chi connectivity index (χ3v) is 5.70. The summed E-state index contributed by atoms with van der Waals surface area (Å²) in [4.78, 5) is 13.0. The summed E-state index contributed by atoms with van der Waals surface area (Å²) in [5.41, 5.74) is 0. The minimum atomic E-state index is 0.487. The summed E-state index contributed by atoms with van der Waals surface area (Å²) in [6.07, 6.45) is 4.91. The van der Waals surface area contributed by atoms with Gasteiger partial charge < -0.3 is 4.79 Å². The van der Waals surface area contributed by atoms with E-state index in [2.05, 4.69) is 48.5 Å². The lowest BCUT2D eigenvalue weighted by Crippen LogP contribution is -1.97. The summed E-state index contributed by atoms with van der Waals surface area (Å²) in [5.74, 6) is 0. The van der Waals surface area contributed by atoms with Gasteiger partial charge in [0.2, 0.25) is 0 Å². The Bertz CT molecular complexity index is 472. The summed E-state index contributed by atoms with van der Waals surface area (Å²) in [6, 6.07) is 21.1. The van der Waals surface area contributed by atoms with Gasteiger partial charge in [-0.15, -0.1) is 23.5 Å². The number of hydrogen-bond donors (Lipinski definition) is 0. The van der Waals surface area contributed by atoms with E-state index in [0.29, 0.717) is 11.0 Å². The number of carbonyl (C=O) groups excluding carboxylic acids is 1. The predicted octanol–water partition coefficient (Wildman–Crippen LogP) is 5.66. The fraction of sp³-hybridized carbons (Fsp3) is 0.278. The third-order valence-electron chi connectivity index (χ3n) is 3.03. The van der Waals surface area contributed by atoms with Gasteiger partial charge in [0, 0.05) is 16.2 Å². The molecule has 110 valence electrons. The van der Waals surface area contributed by atoms with Crippen LogP contribution in [0.3, 0.4) is 0 Å². The van der Waals surface area contributed by atoms with E-state index in [1.807, 2.05) is 35.7 Å². The zero-order valence-electron chi connectivity index (χ0n) is 12.0. The number of aldehydes is 1. The molecule has 2 rings (SSSR count). The van der Waals surface area contributed by atoms with Gasteiger partial charge >= 0.3 is 0 Å². The molecule has 0 unspecified atom stereocenters. The Balaban J connectivity index is 1.94. The third kappa shape index (κ3) is 6.40. The molecule has 0 atom stereocenters. The molecule has 0 fully saturated rings. The van der Waals surface area contributed by atoms with Crippen molar-refractivity contribution in [1.29, 1.82) is 0 Å². The van der Waals surface area contributed by atoms with Crippen molar-refractivity contribution in [1.82, 2.24) is 0 Å². The van der Waals surface area contributed by atoms with Crippen LogP contribution in [0.1, 0.15) is 25.7 Å². The van der Waals surface area contributed by atoms with Crippen LogP contribution < -0.4 is 0 Å². The molecule has 1 nitrogen and oxygen atoms in total. The molecule has 2 aromatic carbocycles. The molecule has 2 aromatic rings. The Morgan fingerprint density at radius 1 is 0.810 bits per heavy atom. The van der Waals surface area contributed by atoms with E-state index in [4.69, 9.17) is 0 Å². The highest BCUT2D eigenvalue weighted by Crippen LogP contribution is 2.38. The second-order valence-corrected chi connectivity index (χ2v) is 7.59. The van der Waals surface area contributed by atoms with Gasteiger partial charge in [-0.05, 0) is 37.1 Å². The van der Waals surface area contributed by atoms with E-state index >= 15 is 0 Å². The van der Waals surface area contributed by atoms with Gasteiger partial charge in [0.15, 0.2) is 0 Å². The topological polar surface area (TPSA) is 17.1 Å². The van der Waals surface area contributed by atoms with E-state index in [9.17, 15) is 4.79 Å². The summed E-state index contributed by atoms with van der Waals surface area (Å²) >= 11 is 3.83. The number of hydrogen-bond acceptors (Lipinski definition) is 3. The quantitative estimate of drug-likeness (QED) is 0.257. The molecule has 0 aliphatic carbocycles. The van der Waals surface area contributed by atoms with Crippen molar-refractivity contribution >= 4 is 29.8 Å². The van der Waals surface area contributed by atoms with Crippen molar-refractivity contribution in [3.8, 4) is 0 Å². The molecule has 0 amide bonds. The average molecular weight is 316 g/mol. The molecule has 0 saturated heterocycles. The molecule has 0 aliphatic rings. The van der Waals surface area contributed by atoms with Crippen LogP contribution in [-0.2, 0) is 4.79 Å². The average Bonchev–Trinajstić information content (AvgIpc) is 2.53. The zero-order chi connectivity index (χ0) is 14.8. The summed E-state index contributed by atoms with van der Waals surface area (Å²) < 4.78 is 0.487. The summed E-state index contributed by atoms with van der Waals surface area (Å²) in [6.45, 7) is 0. The lowest BCUT2D eigenvalue weighted by atomic mass is 10.2. The van der Waals surface area contributed by atoms with Crippen LogP contribution in [0.25, 0.3) is 0 Å². The van der Waals surface area contributed by atoms with E-state index in [1.54, 1.807) is 0 Å². The van der Waals surface area contributed by atoms with Gasteiger partial charge in [-0.3, -0.25) is 0 Å². The molecule has 0 saturated carbocycles. The Morgan fingerprint density at radius 2 is 1.33 bits per heavy atom. The van der Waals surface area contributed by atoms with Gasteiger partial charge in [0.1, 0.15) is 6.29 Å². The van der Waals surface area contributed by atoms with E-state index in [0.717, 1.165) is 25.5 Å². The van der Waals surface area contributed by atoms with Gasteiger partial charge in [-0.1, -0.05) is 42.8 Å². The standard InChI is InChI=1S/C18H20OS2/c19-15-9-3-8-14-18(20-16-10-4-1-5-11-16)21-17-12-6-2-7-13-17/h1-2,4-7,10-13,15,18H,3,8-9,14H2. The van der Waals surface area contributed by atoms with Crippen LogP contribution in [0.15, 0.2) is 70.5 Å². The number of carbonyl (C=O) groups is 1. The molecule has 3 heteroatoms. The van der Waals surface area contributed by atoms with Crippen molar-refractivity contribution in [2.24, 2.45) is 0 Å². The summed E-state index contributed by atoms with van der Waals surface area (Å²) in [7, 11) is 0. The maximum absolute atomic E-state index is 10.4. The van der Waals surface area contributed by atoms with Crippen molar-refractivity contribution in [3.63, 3.8) is 0 Å². The predicted molar refractivity (Wildman–Crippen MR) is 92.9 cm³/mol. The van der Waals surface area contributed by atoms with Crippen molar-refractivity contribution in [3.05, 3.63) is 60.7 Å². The Kier molecular flexibility index (Phi) is 7.47. The highest BCUT2D eigenvalue weighted by molar-refractivity contribution is 8.17. The SMILES string of the molecule is O=CCCCCC(Sc1ccccc1)Sc1ccccc1. The van der Waals surface area contributed by atoms with Crippen molar-refractivity contribution in [2.75, 3.05) is 0 Å². The van der Waals surface area contributed by atoms with Crippen LogP contribution in [0.5, 0.6) is 0 Å². The highest BCUT2D eigenvalue weighted by Gasteiger charge is 2.12.